The molecule has 6 fully saturated rings. The number of nitrogens with zero attached hydrogens (tertiary/aromatic N) is 14. The van der Waals surface area contributed by atoms with Crippen molar-refractivity contribution in [2.45, 2.75) is 188 Å². The first-order valence-corrected chi connectivity index (χ1v) is 49.1. The number of H-pyrrole nitrogens is 1. The Kier molecular flexibility index (Phi) is 35.1. The van der Waals surface area contributed by atoms with E-state index >= 15 is 8.78 Å². The zero-order valence-electron chi connectivity index (χ0n) is 67.3. The number of fused-ring (bicyclic) bond motifs is 8. The molecule has 0 aliphatic carbocycles. The molecule has 0 bridgehead atoms. The average Bonchev–Trinajstić information content (AvgIpc) is 1.60. The Morgan fingerprint density at radius 1 is 0.508 bits per heavy atom. The van der Waals surface area contributed by atoms with Gasteiger partial charge in [0.05, 0.1) is 137 Å². The second-order valence-corrected chi connectivity index (χ2v) is 38.7. The summed E-state index contributed by atoms with van der Waals surface area (Å²) in [5, 5.41) is 22.5. The fourth-order valence-electron chi connectivity index (χ4n) is 13.7. The molecule has 14 rings (SSSR count). The van der Waals surface area contributed by atoms with Gasteiger partial charge in [-0.15, -0.1) is 0 Å². The van der Waals surface area contributed by atoms with Crippen molar-refractivity contribution in [2.75, 3.05) is 122 Å². The third kappa shape index (κ3) is 23.4. The van der Waals surface area contributed by atoms with Crippen LogP contribution in [0.2, 0.25) is 0 Å². The number of alkyl halides is 2. The van der Waals surface area contributed by atoms with Crippen molar-refractivity contribution in [1.29, 1.82) is 0 Å². The summed E-state index contributed by atoms with van der Waals surface area (Å²) in [7, 11) is 0. The number of aliphatic hydroxyl groups excluding tert-OH is 2. The average molecular weight is 1820 g/mol. The number of ether oxygens (including phenoxy) is 4. The number of quaternary nitrogens is 4. The molecule has 0 aromatic carbocycles. The summed E-state index contributed by atoms with van der Waals surface area (Å²) in [6, 6.07) is 0. The van der Waals surface area contributed by atoms with Crippen LogP contribution in [0.25, 0.3) is 33.5 Å². The molecule has 16 N–H and O–H groups in total. The van der Waals surface area contributed by atoms with Gasteiger partial charge in [0.1, 0.15) is 104 Å². The van der Waals surface area contributed by atoms with Crippen LogP contribution in [0, 0.1) is 0 Å². The minimum Gasteiger partial charge on any atom is -0.780 e. The van der Waals surface area contributed by atoms with Gasteiger partial charge in [-0.05, 0) is 94.9 Å². The van der Waals surface area contributed by atoms with Gasteiger partial charge < -0.3 is 109 Å². The number of nitrogens with two attached hydrogens (primary N) is 4. The summed E-state index contributed by atoms with van der Waals surface area (Å²) in [5.41, 5.74) is 23.0. The molecule has 0 radical (unpaired) electrons. The molecule has 0 saturated carbocycles. The molecule has 20 atom stereocenters. The van der Waals surface area contributed by atoms with Gasteiger partial charge >= 0.3 is 13.5 Å². The van der Waals surface area contributed by atoms with Gasteiger partial charge in [-0.1, -0.05) is 35.9 Å². The number of hydrogen-bond donors (Lipinski definition) is 13. The SMILES string of the molecule is CC[NH+](CC)CC.CC[NH+](CC)CC.CC[NH+](CC)CC.CC[NH+](CC)CC.NC1=Nc2c(ncn2[C@@H]2O[C@@H]3COP([O-])(=S)O[C@H]4[C@@H](F)[C@H](n5cnc6c(N)ncnc65)O[C@@H]4COP(O)(=S)O[C@H]3[C@H]2O)C(=O)C1.Nc1nc2c(ncn2[C@@H]2O[C@@H]3COP([O-])(=S)O[C@H]4[C@@H](F)[C@H](n5cnc6c(N)ncnc65)O[C@@H]4COP(=O)(S)O[C@H]3[C@H]2O)c(=O)[nH]1. The number of anilines is 3. The van der Waals surface area contributed by atoms with Crippen molar-refractivity contribution in [2.24, 2.45) is 10.7 Å². The zero-order chi connectivity index (χ0) is 86.5. The normalized spacial score (nSPS) is 31.7. The Balaban J connectivity index is 0.000000203. The molecule has 118 heavy (non-hydrogen) atoms. The van der Waals surface area contributed by atoms with Crippen LogP contribution in [-0.4, -0.2) is 273 Å². The van der Waals surface area contributed by atoms with Crippen molar-refractivity contribution < 1.29 is 118 Å². The first-order chi connectivity index (χ1) is 56.0. The molecule has 7 aliphatic rings. The summed E-state index contributed by atoms with van der Waals surface area (Å²) in [4.78, 5) is 111. The Hall–Kier alpha value is -5.25. The molecular weight excluding hydrogens is 1710 g/mol. The van der Waals surface area contributed by atoms with Crippen LogP contribution in [0.3, 0.4) is 0 Å². The number of ketones is 1. The number of thiol groups is 1. The van der Waals surface area contributed by atoms with Crippen LogP contribution in [0.4, 0.5) is 32.2 Å². The lowest BCUT2D eigenvalue weighted by Gasteiger charge is -2.35. The number of aromatic nitrogens is 14. The number of amidine groups is 1. The maximum Gasteiger partial charge on any atom is 0.386 e. The predicted molar refractivity (Wildman–Crippen MR) is 437 cm³/mol. The second-order valence-electron chi connectivity index (χ2n) is 27.6. The van der Waals surface area contributed by atoms with Crippen molar-refractivity contribution >= 4 is 143 Å². The Morgan fingerprint density at radius 2 is 0.873 bits per heavy atom. The molecule has 6 saturated heterocycles. The zero-order valence-corrected chi connectivity index (χ0v) is 74.2. The smallest absolute Gasteiger partial charge is 0.386 e. The molecule has 660 valence electrons. The van der Waals surface area contributed by atoms with Crippen LogP contribution >= 0.6 is 39.2 Å². The van der Waals surface area contributed by atoms with Crippen LogP contribution in [0.1, 0.15) is 125 Å². The lowest BCUT2D eigenvalue weighted by molar-refractivity contribution is -0.894. The van der Waals surface area contributed by atoms with Gasteiger partial charge in [-0.2, -0.15) is 4.98 Å². The highest BCUT2D eigenvalue weighted by Gasteiger charge is 2.55. The van der Waals surface area contributed by atoms with Gasteiger partial charge in [0.15, 0.2) is 88.6 Å². The fourth-order valence-corrected chi connectivity index (χ4v) is 19.5. The summed E-state index contributed by atoms with van der Waals surface area (Å²) in [6.07, 6.45) is -17.4. The lowest BCUT2D eigenvalue weighted by atomic mass is 10.1. The molecule has 53 heteroatoms. The third-order valence-electron chi connectivity index (χ3n) is 20.7. The number of carbonyl (C=O) groups excluding carboxylic acids is 1. The number of halogens is 2. The Labute approximate surface area is 699 Å². The van der Waals surface area contributed by atoms with Gasteiger partial charge in [-0.25, -0.2) is 58.2 Å². The number of nitrogens with one attached hydrogen (secondary N) is 5. The molecule has 14 heterocycles. The maximum absolute atomic E-state index is 16.0. The van der Waals surface area contributed by atoms with Gasteiger partial charge in [0.2, 0.25) is 5.95 Å². The lowest BCUT2D eigenvalue weighted by Crippen LogP contribution is -3.11. The number of aromatic amines is 1. The monoisotopic (exact) mass is 1820 g/mol. The van der Waals surface area contributed by atoms with E-state index in [1.54, 1.807) is 19.6 Å². The summed E-state index contributed by atoms with van der Waals surface area (Å²) < 4.78 is 118. The van der Waals surface area contributed by atoms with Crippen molar-refractivity contribution in [1.82, 2.24) is 68.1 Å². The fraction of sp³-hybridized carbons (Fsp3) is 0.692. The number of aliphatic hydroxyl groups is 2. The minimum absolute atomic E-state index is 0.00681. The summed E-state index contributed by atoms with van der Waals surface area (Å²) >= 11 is 19.3. The third-order valence-corrected chi connectivity index (χ3v) is 27.0. The van der Waals surface area contributed by atoms with E-state index in [9.17, 15) is 39.0 Å². The highest BCUT2D eigenvalue weighted by atomic mass is 32.7. The molecule has 7 aliphatic heterocycles. The van der Waals surface area contributed by atoms with Gasteiger partial charge in [-0.3, -0.25) is 46.4 Å². The second kappa shape index (κ2) is 42.9. The minimum atomic E-state index is -4.50. The highest BCUT2D eigenvalue weighted by Crippen LogP contribution is 2.59. The number of imidazole rings is 4. The molecule has 7 aromatic heterocycles. The van der Waals surface area contributed by atoms with E-state index in [1.807, 2.05) is 0 Å². The van der Waals surface area contributed by atoms with E-state index in [1.165, 1.54) is 116 Å². The topological polar surface area (TPSA) is 554 Å². The molecule has 43 nitrogen and oxygen atoms in total. The highest BCUT2D eigenvalue weighted by molar-refractivity contribution is 8.44. The van der Waals surface area contributed by atoms with E-state index in [2.05, 4.69) is 150 Å². The van der Waals surface area contributed by atoms with Crippen LogP contribution < -0.4 is 57.9 Å². The summed E-state index contributed by atoms with van der Waals surface area (Å²) in [5.74, 6) is -0.479. The molecular formula is C65H109F2N23O20P4S4+2. The number of carbonyl (C=O) groups is 1. The first-order valence-electron chi connectivity index (χ1n) is 38.7. The number of rotatable bonds is 16. The Morgan fingerprint density at radius 3 is 1.30 bits per heavy atom. The van der Waals surface area contributed by atoms with Crippen molar-refractivity contribution in [3.63, 3.8) is 0 Å². The van der Waals surface area contributed by atoms with Gasteiger partial charge in [0.25, 0.3) is 5.56 Å². The number of Topliss-reactive ketones (excluding diaryl/α,β-unsaturated/α-hetero) is 1. The van der Waals surface area contributed by atoms with Crippen molar-refractivity contribution in [3.05, 3.63) is 54.0 Å². The van der Waals surface area contributed by atoms with Crippen LogP contribution in [0.15, 0.2) is 47.8 Å². The van der Waals surface area contributed by atoms with E-state index in [0.717, 1.165) is 19.0 Å². The standard InChI is InChI=1S/C21H24FN9O10P2S2.C20H23FN10O10P2S2.4C6H15N/c22-11-15-8(38-20(11)30-6-28-13-17(24)25-4-26-18(13)30)2-36-43(35,45)41-16-9(3-37-42(34,44)40-15)39-21(14(16)33)31-5-27-12-7(32)1-10(23)29-19(12)31;21-8-12-6(38-18(8)30-4-26-9-14(22)24-3-25-15(9)30)1-36-43(35,45)41-13-7(2-37-42(34,44)40-12)39-19(11(13)32)31-5-27-10-16(31)28-20(23)29-17(10)33;4*1-4-7(5-2)6-3/h4-6,8-9,11,14-16,20-21,33H,1-3H2,(H2,23,29)(H,34,44)(H,35,45)(H2,24,25,26);3-8,11-13,18-19,32H,1-2H2,(H,34,44)(H,35,45)(H2,22,24,25)(H3,23,28,29,33);4*4-6H2,1-3H3/p+2/t8-,9-,11-,14-,15-,16-,20-,21-,42?,43?;6-,7-,8-,11-,12-,13-,18-,19-,42?,43?;;;;/m11..../s1. The van der Waals surface area contributed by atoms with Gasteiger partial charge in [0, 0.05) is 0 Å². The molecule has 0 amide bonds. The quantitative estimate of drug-likeness (QED) is 0.0360. The van der Waals surface area contributed by atoms with E-state index in [-0.39, 0.29) is 74.8 Å². The maximum atomic E-state index is 16.0. The first kappa shape index (κ1) is 96.6. The number of hydrogen-bond acceptors (Lipinski definition) is 36. The number of nitrogen functional groups attached to an aromatic ring is 3. The van der Waals surface area contributed by atoms with Crippen LogP contribution in [-0.2, 0) is 95.1 Å². The summed E-state index contributed by atoms with van der Waals surface area (Å²) in [6.45, 7) is 21.8. The van der Waals surface area contributed by atoms with E-state index in [4.69, 9.17) is 113 Å². The predicted octanol–water partition coefficient (Wildman–Crippen LogP) is -2.23. The Bertz CT molecular complexity index is 4700. The van der Waals surface area contributed by atoms with E-state index < -0.39 is 163 Å². The van der Waals surface area contributed by atoms with Crippen LogP contribution in [0.5, 0.6) is 0 Å². The largest absolute Gasteiger partial charge is 0.780 e. The molecule has 4 unspecified atom stereocenters. The molecule has 0 spiro atoms. The van der Waals surface area contributed by atoms with Crippen molar-refractivity contribution in [3.8, 4) is 0 Å². The molecule has 7 aromatic rings. The van der Waals surface area contributed by atoms with E-state index in [0.29, 0.717) is 0 Å². The number of aliphatic imine (C=N–C) groups is 1.